The van der Waals surface area contributed by atoms with E-state index in [1.165, 1.54) is 0 Å². The van der Waals surface area contributed by atoms with Crippen LogP contribution in [0.5, 0.6) is 0 Å². The van der Waals surface area contributed by atoms with Crippen LogP contribution in [0.3, 0.4) is 0 Å². The van der Waals surface area contributed by atoms with Gasteiger partial charge in [0.15, 0.2) is 0 Å². The molecule has 90 valence electrons. The van der Waals surface area contributed by atoms with Crippen molar-refractivity contribution in [1.82, 2.24) is 0 Å². The first-order valence-corrected chi connectivity index (χ1v) is 5.54. The third kappa shape index (κ3) is 2.26. The Kier molecular flexibility index (Phi) is 3.73. The molecule has 1 aliphatic carbocycles. The third-order valence-corrected chi connectivity index (χ3v) is 3.10. The largest absolute Gasteiger partial charge is 0.481 e. The summed E-state index contributed by atoms with van der Waals surface area (Å²) in [5, 5.41) is 18.5. The molecule has 0 heterocycles. The SMILES string of the molecule is CC(C)CC1(C(=O)O)C=CCCC1C(=O)O. The van der Waals surface area contributed by atoms with Crippen LogP contribution in [0, 0.1) is 17.3 Å². The molecule has 0 aromatic rings. The minimum atomic E-state index is -1.22. The first-order valence-electron chi connectivity index (χ1n) is 5.54. The maximum absolute atomic E-state index is 11.4. The standard InChI is InChI=1S/C12H18O4/c1-8(2)7-12(11(15)16)6-4-3-5-9(12)10(13)14/h4,6,8-9H,3,5,7H2,1-2H3,(H,13,14)(H,15,16). The fourth-order valence-corrected chi connectivity index (χ4v) is 2.47. The summed E-state index contributed by atoms with van der Waals surface area (Å²) in [7, 11) is 0. The molecule has 0 aromatic heterocycles. The van der Waals surface area contributed by atoms with Gasteiger partial charge in [-0.05, 0) is 25.2 Å². The van der Waals surface area contributed by atoms with Gasteiger partial charge in [-0.3, -0.25) is 9.59 Å². The zero-order valence-electron chi connectivity index (χ0n) is 9.64. The van der Waals surface area contributed by atoms with Crippen molar-refractivity contribution in [3.8, 4) is 0 Å². The molecule has 16 heavy (non-hydrogen) atoms. The van der Waals surface area contributed by atoms with E-state index in [0.717, 1.165) is 0 Å². The molecule has 4 heteroatoms. The van der Waals surface area contributed by atoms with Crippen LogP contribution in [0.1, 0.15) is 33.1 Å². The Hall–Kier alpha value is -1.32. The normalized spacial score (nSPS) is 29.3. The monoisotopic (exact) mass is 226 g/mol. The molecule has 0 aromatic carbocycles. The van der Waals surface area contributed by atoms with E-state index in [1.54, 1.807) is 12.2 Å². The summed E-state index contributed by atoms with van der Waals surface area (Å²) in [6.07, 6.45) is 4.79. The number of hydrogen-bond acceptors (Lipinski definition) is 2. The summed E-state index contributed by atoms with van der Waals surface area (Å²) < 4.78 is 0. The first kappa shape index (κ1) is 12.7. The molecule has 2 N–H and O–H groups in total. The van der Waals surface area contributed by atoms with Crippen LogP contribution in [0.2, 0.25) is 0 Å². The average Bonchev–Trinajstić information content (AvgIpc) is 2.16. The van der Waals surface area contributed by atoms with E-state index in [9.17, 15) is 14.7 Å². The van der Waals surface area contributed by atoms with Gasteiger partial charge in [0.05, 0.1) is 11.3 Å². The minimum Gasteiger partial charge on any atom is -0.481 e. The van der Waals surface area contributed by atoms with E-state index in [1.807, 2.05) is 13.8 Å². The highest BCUT2D eigenvalue weighted by molar-refractivity contribution is 5.85. The number of rotatable bonds is 4. The third-order valence-electron chi connectivity index (χ3n) is 3.10. The quantitative estimate of drug-likeness (QED) is 0.720. The predicted octanol–water partition coefficient (Wildman–Crippen LogP) is 2.15. The predicted molar refractivity (Wildman–Crippen MR) is 59.0 cm³/mol. The maximum Gasteiger partial charge on any atom is 0.314 e. The molecule has 0 saturated heterocycles. The molecule has 0 radical (unpaired) electrons. The Balaban J connectivity index is 3.12. The maximum atomic E-state index is 11.4. The van der Waals surface area contributed by atoms with Gasteiger partial charge in [0.2, 0.25) is 0 Å². The van der Waals surface area contributed by atoms with Crippen molar-refractivity contribution in [3.63, 3.8) is 0 Å². The minimum absolute atomic E-state index is 0.153. The van der Waals surface area contributed by atoms with Crippen molar-refractivity contribution < 1.29 is 19.8 Å². The van der Waals surface area contributed by atoms with Gasteiger partial charge in [0.1, 0.15) is 0 Å². The highest BCUT2D eigenvalue weighted by atomic mass is 16.4. The Morgan fingerprint density at radius 2 is 2.06 bits per heavy atom. The van der Waals surface area contributed by atoms with Gasteiger partial charge in [-0.25, -0.2) is 0 Å². The summed E-state index contributed by atoms with van der Waals surface area (Å²) in [5.74, 6) is -2.69. The Bertz CT molecular complexity index is 319. The smallest absolute Gasteiger partial charge is 0.314 e. The molecule has 0 saturated carbocycles. The molecule has 4 nitrogen and oxygen atoms in total. The number of allylic oxidation sites excluding steroid dienone is 1. The van der Waals surface area contributed by atoms with Crippen molar-refractivity contribution in [1.29, 1.82) is 0 Å². The number of carboxylic acid groups (broad SMARTS) is 2. The van der Waals surface area contributed by atoms with Gasteiger partial charge in [-0.15, -0.1) is 0 Å². The Morgan fingerprint density at radius 1 is 1.44 bits per heavy atom. The van der Waals surface area contributed by atoms with E-state index in [2.05, 4.69) is 0 Å². The summed E-state index contributed by atoms with van der Waals surface area (Å²) in [6, 6.07) is 0. The molecule has 0 bridgehead atoms. The van der Waals surface area contributed by atoms with Crippen LogP contribution < -0.4 is 0 Å². The number of aliphatic carboxylic acids is 2. The lowest BCUT2D eigenvalue weighted by atomic mass is 9.66. The van der Waals surface area contributed by atoms with Crippen LogP contribution in [-0.4, -0.2) is 22.2 Å². The molecule has 2 atom stereocenters. The summed E-state index contributed by atoms with van der Waals surface area (Å²) >= 11 is 0. The van der Waals surface area contributed by atoms with E-state index < -0.39 is 23.3 Å². The summed E-state index contributed by atoms with van der Waals surface area (Å²) in [5.41, 5.74) is -1.22. The summed E-state index contributed by atoms with van der Waals surface area (Å²) in [4.78, 5) is 22.6. The average molecular weight is 226 g/mol. The number of hydrogen-bond donors (Lipinski definition) is 2. The van der Waals surface area contributed by atoms with Crippen LogP contribution in [0.25, 0.3) is 0 Å². The van der Waals surface area contributed by atoms with Crippen molar-refractivity contribution in [3.05, 3.63) is 12.2 Å². The fourth-order valence-electron chi connectivity index (χ4n) is 2.47. The molecule has 0 spiro atoms. The van der Waals surface area contributed by atoms with Crippen molar-refractivity contribution in [2.45, 2.75) is 33.1 Å². The van der Waals surface area contributed by atoms with Crippen LogP contribution >= 0.6 is 0 Å². The molecule has 0 amide bonds. The highest BCUT2D eigenvalue weighted by Gasteiger charge is 2.48. The topological polar surface area (TPSA) is 74.6 Å². The molecular formula is C12H18O4. The zero-order chi connectivity index (χ0) is 12.3. The molecule has 0 fully saturated rings. The number of carbonyl (C=O) groups is 2. The molecular weight excluding hydrogens is 208 g/mol. The molecule has 2 unspecified atom stereocenters. The van der Waals surface area contributed by atoms with Crippen LogP contribution in [0.4, 0.5) is 0 Å². The fraction of sp³-hybridized carbons (Fsp3) is 0.667. The second-order valence-electron chi connectivity index (χ2n) is 4.81. The van der Waals surface area contributed by atoms with E-state index >= 15 is 0 Å². The Morgan fingerprint density at radius 3 is 2.50 bits per heavy atom. The van der Waals surface area contributed by atoms with Gasteiger partial charge in [-0.1, -0.05) is 26.0 Å². The second-order valence-corrected chi connectivity index (χ2v) is 4.81. The van der Waals surface area contributed by atoms with E-state index in [-0.39, 0.29) is 5.92 Å². The molecule has 1 rings (SSSR count). The van der Waals surface area contributed by atoms with E-state index in [0.29, 0.717) is 19.3 Å². The van der Waals surface area contributed by atoms with Gasteiger partial charge in [-0.2, -0.15) is 0 Å². The van der Waals surface area contributed by atoms with Gasteiger partial charge < -0.3 is 10.2 Å². The van der Waals surface area contributed by atoms with Gasteiger partial charge in [0.25, 0.3) is 0 Å². The lowest BCUT2D eigenvalue weighted by Crippen LogP contribution is -2.43. The highest BCUT2D eigenvalue weighted by Crippen LogP contribution is 2.42. The van der Waals surface area contributed by atoms with Crippen molar-refractivity contribution >= 4 is 11.9 Å². The van der Waals surface area contributed by atoms with Crippen LogP contribution in [0.15, 0.2) is 12.2 Å². The van der Waals surface area contributed by atoms with Crippen molar-refractivity contribution in [2.75, 3.05) is 0 Å². The lowest BCUT2D eigenvalue weighted by Gasteiger charge is -2.35. The molecule has 1 aliphatic rings. The van der Waals surface area contributed by atoms with Crippen LogP contribution in [-0.2, 0) is 9.59 Å². The van der Waals surface area contributed by atoms with Gasteiger partial charge >= 0.3 is 11.9 Å². The van der Waals surface area contributed by atoms with Crippen molar-refractivity contribution in [2.24, 2.45) is 17.3 Å². The summed E-state index contributed by atoms with van der Waals surface area (Å²) in [6.45, 7) is 3.82. The van der Waals surface area contributed by atoms with Gasteiger partial charge in [0, 0.05) is 0 Å². The lowest BCUT2D eigenvalue weighted by molar-refractivity contribution is -0.161. The Labute approximate surface area is 95.0 Å². The van der Waals surface area contributed by atoms with E-state index in [4.69, 9.17) is 5.11 Å². The number of carboxylic acids is 2. The first-order chi connectivity index (χ1) is 7.40. The molecule has 0 aliphatic heterocycles. The second kappa shape index (κ2) is 4.68. The zero-order valence-corrected chi connectivity index (χ0v) is 9.64.